The molecular weight excluding hydrogens is 520 g/mol. The Hall–Kier alpha value is -4.43. The van der Waals surface area contributed by atoms with Gasteiger partial charge in [-0.15, -0.1) is 0 Å². The van der Waals surface area contributed by atoms with E-state index in [1.807, 2.05) is 18.2 Å². The van der Waals surface area contributed by atoms with Crippen LogP contribution >= 0.6 is 11.6 Å². The van der Waals surface area contributed by atoms with E-state index in [9.17, 15) is 19.2 Å². The number of nitrogens with zero attached hydrogens (tertiary/aromatic N) is 1. The number of anilines is 2. The van der Waals surface area contributed by atoms with Crippen molar-refractivity contribution in [2.75, 3.05) is 10.2 Å². The molecule has 8 nitrogen and oxygen atoms in total. The molecule has 2 amide bonds. The van der Waals surface area contributed by atoms with Gasteiger partial charge in [-0.05, 0) is 86.0 Å². The summed E-state index contributed by atoms with van der Waals surface area (Å²) in [6.07, 6.45) is -0.281. The Balaban J connectivity index is 1.44. The second-order valence-electron chi connectivity index (χ2n) is 9.45. The van der Waals surface area contributed by atoms with Gasteiger partial charge in [0.15, 0.2) is 0 Å². The lowest BCUT2D eigenvalue weighted by atomic mass is 10.0. The van der Waals surface area contributed by atoms with Gasteiger partial charge in [-0.1, -0.05) is 37.6 Å². The van der Waals surface area contributed by atoms with Crippen LogP contribution < -0.4 is 15.0 Å². The first kappa shape index (κ1) is 27.6. The molecule has 0 saturated carbocycles. The first-order chi connectivity index (χ1) is 18.5. The van der Waals surface area contributed by atoms with Gasteiger partial charge in [0.25, 0.3) is 11.8 Å². The topological polar surface area (TPSA) is 102 Å². The molecule has 0 bridgehead atoms. The summed E-state index contributed by atoms with van der Waals surface area (Å²) < 4.78 is 10.6. The molecule has 0 aromatic heterocycles. The highest BCUT2D eigenvalue weighted by Crippen LogP contribution is 2.30. The van der Waals surface area contributed by atoms with Crippen LogP contribution in [-0.2, 0) is 14.3 Å². The quantitative estimate of drug-likeness (QED) is 0.209. The van der Waals surface area contributed by atoms with Crippen molar-refractivity contribution in [1.82, 2.24) is 0 Å². The van der Waals surface area contributed by atoms with Gasteiger partial charge in [-0.2, -0.15) is 0 Å². The summed E-state index contributed by atoms with van der Waals surface area (Å²) >= 11 is 6.22. The number of amides is 2. The Bertz CT molecular complexity index is 1460. The maximum absolute atomic E-state index is 13.1. The van der Waals surface area contributed by atoms with Crippen molar-refractivity contribution in [1.29, 1.82) is 0 Å². The fourth-order valence-electron chi connectivity index (χ4n) is 3.81. The van der Waals surface area contributed by atoms with Crippen molar-refractivity contribution in [3.05, 3.63) is 100 Å². The zero-order valence-corrected chi connectivity index (χ0v) is 22.6. The molecule has 0 radical (unpaired) electrons. The van der Waals surface area contributed by atoms with E-state index < -0.39 is 23.8 Å². The molecule has 4 rings (SSSR count). The van der Waals surface area contributed by atoms with Gasteiger partial charge in [0, 0.05) is 5.69 Å². The van der Waals surface area contributed by atoms with Crippen LogP contribution in [0.4, 0.5) is 11.4 Å². The van der Waals surface area contributed by atoms with Crippen LogP contribution in [0.3, 0.4) is 0 Å². The molecule has 1 aliphatic rings. The number of benzene rings is 3. The number of carbonyl (C=O) groups is 4. The third-order valence-corrected chi connectivity index (χ3v) is 6.21. The summed E-state index contributed by atoms with van der Waals surface area (Å²) in [5.41, 5.74) is 2.24. The second-order valence-corrected chi connectivity index (χ2v) is 9.83. The minimum Gasteiger partial charge on any atom is -0.459 e. The molecule has 0 saturated heterocycles. The van der Waals surface area contributed by atoms with Crippen molar-refractivity contribution in [2.45, 2.75) is 39.7 Å². The van der Waals surface area contributed by atoms with Gasteiger partial charge in [0.05, 0.1) is 22.9 Å². The predicted octanol–water partition coefficient (Wildman–Crippen LogP) is 6.03. The standard InChI is InChI=1S/C30H27ClN2O6/c1-17(2)21-6-5-7-24(16-21)39-30(37)19-8-12-22(13-9-19)32-26-25(31)27(34)33(28(26)35)23-14-10-20(11-15-23)29(36)38-18(3)4/h5-18,32H,1-4H3. The van der Waals surface area contributed by atoms with Gasteiger partial charge < -0.3 is 14.8 Å². The second kappa shape index (κ2) is 11.5. The zero-order chi connectivity index (χ0) is 28.3. The van der Waals surface area contributed by atoms with Crippen LogP contribution in [-0.4, -0.2) is 29.9 Å². The summed E-state index contributed by atoms with van der Waals surface area (Å²) in [4.78, 5) is 51.5. The van der Waals surface area contributed by atoms with Gasteiger partial charge >= 0.3 is 11.9 Å². The van der Waals surface area contributed by atoms with Crippen LogP contribution in [0.2, 0.25) is 0 Å². The lowest BCUT2D eigenvalue weighted by molar-refractivity contribution is -0.120. The summed E-state index contributed by atoms with van der Waals surface area (Å²) in [6, 6.07) is 19.5. The molecule has 3 aromatic carbocycles. The summed E-state index contributed by atoms with van der Waals surface area (Å²) in [5, 5.41) is 2.59. The minimum absolute atomic E-state index is 0.106. The molecular formula is C30H27ClN2O6. The largest absolute Gasteiger partial charge is 0.459 e. The Morgan fingerprint density at radius 1 is 0.821 bits per heavy atom. The normalized spacial score (nSPS) is 13.4. The van der Waals surface area contributed by atoms with Crippen molar-refractivity contribution in [3.8, 4) is 5.75 Å². The van der Waals surface area contributed by atoms with Crippen molar-refractivity contribution >= 4 is 46.7 Å². The summed E-state index contributed by atoms with van der Waals surface area (Å²) in [7, 11) is 0. The molecule has 0 fully saturated rings. The van der Waals surface area contributed by atoms with Crippen LogP contribution in [0.25, 0.3) is 0 Å². The average Bonchev–Trinajstić information content (AvgIpc) is 3.11. The first-order valence-corrected chi connectivity index (χ1v) is 12.7. The van der Waals surface area contributed by atoms with Gasteiger partial charge in [-0.25, -0.2) is 14.5 Å². The van der Waals surface area contributed by atoms with E-state index in [0.29, 0.717) is 22.9 Å². The Kier molecular flexibility index (Phi) is 8.16. The van der Waals surface area contributed by atoms with E-state index in [-0.39, 0.29) is 28.1 Å². The van der Waals surface area contributed by atoms with Crippen LogP contribution in [0.5, 0.6) is 5.75 Å². The lowest BCUT2D eigenvalue weighted by Crippen LogP contribution is -2.32. The molecule has 0 atom stereocenters. The number of ether oxygens (including phenoxy) is 2. The molecule has 9 heteroatoms. The third kappa shape index (κ3) is 6.18. The van der Waals surface area contributed by atoms with Crippen LogP contribution in [0, 0.1) is 0 Å². The molecule has 3 aromatic rings. The number of rotatable bonds is 8. The molecule has 0 aliphatic carbocycles. The van der Waals surface area contributed by atoms with E-state index in [2.05, 4.69) is 19.2 Å². The maximum atomic E-state index is 13.1. The number of hydrogen-bond donors (Lipinski definition) is 1. The predicted molar refractivity (Wildman–Crippen MR) is 148 cm³/mol. The molecule has 0 spiro atoms. The Morgan fingerprint density at radius 2 is 1.44 bits per heavy atom. The van der Waals surface area contributed by atoms with Crippen molar-refractivity contribution in [2.24, 2.45) is 0 Å². The number of esters is 2. The Labute approximate surface area is 231 Å². The Morgan fingerprint density at radius 3 is 2.05 bits per heavy atom. The number of carbonyl (C=O) groups excluding carboxylic acids is 4. The molecule has 39 heavy (non-hydrogen) atoms. The zero-order valence-electron chi connectivity index (χ0n) is 21.9. The minimum atomic E-state index is -0.703. The fraction of sp³-hybridized carbons (Fsp3) is 0.200. The van der Waals surface area contributed by atoms with Crippen LogP contribution in [0.1, 0.15) is 59.9 Å². The SMILES string of the molecule is CC(C)OC(=O)c1ccc(N2C(=O)C(Cl)=C(Nc3ccc(C(=O)Oc4cccc(C(C)C)c4)cc3)C2=O)cc1. The van der Waals surface area contributed by atoms with E-state index in [0.717, 1.165) is 10.5 Å². The van der Waals surface area contributed by atoms with Gasteiger partial charge in [0.2, 0.25) is 0 Å². The molecule has 200 valence electrons. The number of hydrogen-bond acceptors (Lipinski definition) is 7. The van der Waals surface area contributed by atoms with Crippen LogP contribution in [0.15, 0.2) is 83.5 Å². The van der Waals surface area contributed by atoms with E-state index in [4.69, 9.17) is 21.1 Å². The third-order valence-electron chi connectivity index (χ3n) is 5.86. The monoisotopic (exact) mass is 546 g/mol. The highest BCUT2D eigenvalue weighted by molar-refractivity contribution is 6.53. The smallest absolute Gasteiger partial charge is 0.343 e. The number of nitrogens with one attached hydrogen (secondary N) is 1. The highest BCUT2D eigenvalue weighted by Gasteiger charge is 2.39. The number of imide groups is 1. The first-order valence-electron chi connectivity index (χ1n) is 12.3. The number of halogens is 1. The average molecular weight is 547 g/mol. The van der Waals surface area contributed by atoms with E-state index >= 15 is 0 Å². The maximum Gasteiger partial charge on any atom is 0.343 e. The fourth-order valence-corrected chi connectivity index (χ4v) is 4.02. The highest BCUT2D eigenvalue weighted by atomic mass is 35.5. The molecule has 1 N–H and O–H groups in total. The molecule has 1 aliphatic heterocycles. The summed E-state index contributed by atoms with van der Waals surface area (Å²) in [6.45, 7) is 7.58. The van der Waals surface area contributed by atoms with E-state index in [1.165, 1.54) is 24.3 Å². The van der Waals surface area contributed by atoms with Crippen molar-refractivity contribution in [3.63, 3.8) is 0 Å². The summed E-state index contributed by atoms with van der Waals surface area (Å²) in [5.74, 6) is -1.65. The lowest BCUT2D eigenvalue weighted by Gasteiger charge is -2.16. The molecule has 1 heterocycles. The van der Waals surface area contributed by atoms with Gasteiger partial charge in [-0.3, -0.25) is 9.59 Å². The van der Waals surface area contributed by atoms with E-state index in [1.54, 1.807) is 44.2 Å². The van der Waals surface area contributed by atoms with Gasteiger partial charge in [0.1, 0.15) is 16.5 Å². The molecule has 0 unspecified atom stereocenters. The van der Waals surface area contributed by atoms with Crippen molar-refractivity contribution < 1.29 is 28.7 Å².